The van der Waals surface area contributed by atoms with E-state index in [9.17, 15) is 4.79 Å². The van der Waals surface area contributed by atoms with Crippen molar-refractivity contribution < 1.29 is 4.79 Å². The van der Waals surface area contributed by atoms with Gasteiger partial charge in [0.05, 0.1) is 5.39 Å². The van der Waals surface area contributed by atoms with Gasteiger partial charge in [-0.3, -0.25) is 10.2 Å². The van der Waals surface area contributed by atoms with Gasteiger partial charge in [0.25, 0.3) is 5.91 Å². The number of aromatic nitrogens is 4. The number of hydrogen-bond acceptors (Lipinski definition) is 6. The molecule has 4 N–H and O–H groups in total. The average Bonchev–Trinajstić information content (AvgIpc) is 2.95. The molecule has 3 rings (SSSR count). The molecule has 2 heterocycles. The zero-order chi connectivity index (χ0) is 18.1. The number of rotatable bonds is 3. The lowest BCUT2D eigenvalue weighted by Gasteiger charge is -2.05. The van der Waals surface area contributed by atoms with Gasteiger partial charge in [-0.25, -0.2) is 14.6 Å². The lowest BCUT2D eigenvalue weighted by molar-refractivity contribution is 0.0978. The van der Waals surface area contributed by atoms with Gasteiger partial charge in [-0.1, -0.05) is 12.1 Å². The molecule has 8 nitrogen and oxygen atoms in total. The van der Waals surface area contributed by atoms with Crippen molar-refractivity contribution in [3.8, 4) is 11.3 Å². The summed E-state index contributed by atoms with van der Waals surface area (Å²) < 4.78 is 1.78. The number of nitrogens with two attached hydrogens (primary N) is 1. The number of carbonyl (C=O) groups is 1. The lowest BCUT2D eigenvalue weighted by atomic mass is 10.1. The Balaban J connectivity index is 2.17. The van der Waals surface area contributed by atoms with Gasteiger partial charge in [0, 0.05) is 17.2 Å². The van der Waals surface area contributed by atoms with Crippen LogP contribution in [-0.4, -0.2) is 30.8 Å². The summed E-state index contributed by atoms with van der Waals surface area (Å²) in [6.45, 7) is 3.99. The standard InChI is InChI=1S/C16H17N7OS/c1-8(2)23-14-11(13(17)19-7-20-14)12(22-23)9-4-3-5-10(6-9)15(24)21-16(18)25/h3-8H,1-2H3,(H2,17,19,20)(H3,18,21,24,25). The van der Waals surface area contributed by atoms with Gasteiger partial charge >= 0.3 is 0 Å². The molecular weight excluding hydrogens is 338 g/mol. The first-order valence-electron chi connectivity index (χ1n) is 7.56. The van der Waals surface area contributed by atoms with Crippen molar-refractivity contribution >= 4 is 40.6 Å². The van der Waals surface area contributed by atoms with Gasteiger partial charge in [0.15, 0.2) is 10.8 Å². The van der Waals surface area contributed by atoms with Crippen LogP contribution in [0.2, 0.25) is 0 Å². The number of thiol groups is 1. The second-order valence-corrected chi connectivity index (χ2v) is 6.18. The predicted molar refractivity (Wildman–Crippen MR) is 99.7 cm³/mol. The number of anilines is 1. The molecular formula is C16H17N7OS. The number of amidine groups is 1. The van der Waals surface area contributed by atoms with Gasteiger partial charge in [-0.05, 0) is 26.0 Å². The summed E-state index contributed by atoms with van der Waals surface area (Å²) >= 11 is 3.77. The van der Waals surface area contributed by atoms with Crippen LogP contribution >= 0.6 is 12.6 Å². The van der Waals surface area contributed by atoms with Crippen molar-refractivity contribution in [1.29, 1.82) is 5.41 Å². The third-order valence-electron chi connectivity index (χ3n) is 3.64. The Kier molecular flexibility index (Phi) is 4.41. The van der Waals surface area contributed by atoms with E-state index < -0.39 is 5.91 Å². The first-order valence-corrected chi connectivity index (χ1v) is 8.01. The fraction of sp³-hybridized carbons (Fsp3) is 0.188. The third kappa shape index (κ3) is 3.18. The van der Waals surface area contributed by atoms with E-state index >= 15 is 0 Å². The number of benzene rings is 1. The molecule has 0 saturated heterocycles. The number of carbonyl (C=O) groups excluding carboxylic acids is 1. The second kappa shape index (κ2) is 6.52. The Morgan fingerprint density at radius 3 is 2.80 bits per heavy atom. The smallest absolute Gasteiger partial charge is 0.257 e. The molecule has 128 valence electrons. The third-order valence-corrected chi connectivity index (χ3v) is 3.75. The zero-order valence-electron chi connectivity index (χ0n) is 13.7. The molecule has 0 bridgehead atoms. The van der Waals surface area contributed by atoms with Crippen LogP contribution in [0.25, 0.3) is 22.3 Å². The maximum atomic E-state index is 12.1. The highest BCUT2D eigenvalue weighted by Gasteiger charge is 2.19. The number of nitrogens with one attached hydrogen (secondary N) is 2. The quantitative estimate of drug-likeness (QED) is 0.326. The molecule has 0 unspecified atom stereocenters. The van der Waals surface area contributed by atoms with E-state index in [0.717, 1.165) is 0 Å². The summed E-state index contributed by atoms with van der Waals surface area (Å²) in [6, 6.07) is 7.00. The molecule has 0 atom stereocenters. The monoisotopic (exact) mass is 355 g/mol. The van der Waals surface area contributed by atoms with E-state index in [-0.39, 0.29) is 11.2 Å². The largest absolute Gasteiger partial charge is 0.383 e. The molecule has 0 fully saturated rings. The molecule has 1 amide bonds. The molecule has 9 heteroatoms. The number of nitrogen functional groups attached to an aromatic ring is 1. The summed E-state index contributed by atoms with van der Waals surface area (Å²) in [5.74, 6) is -0.0856. The van der Waals surface area contributed by atoms with E-state index in [2.05, 4.69) is 33.0 Å². The van der Waals surface area contributed by atoms with Crippen LogP contribution in [0.5, 0.6) is 0 Å². The first kappa shape index (κ1) is 16.9. The number of fused-ring (bicyclic) bond motifs is 1. The van der Waals surface area contributed by atoms with Crippen molar-refractivity contribution in [2.45, 2.75) is 19.9 Å². The van der Waals surface area contributed by atoms with Crippen molar-refractivity contribution in [2.24, 2.45) is 0 Å². The Bertz CT molecular complexity index is 980. The van der Waals surface area contributed by atoms with Crippen LogP contribution in [0.1, 0.15) is 30.2 Å². The summed E-state index contributed by atoms with van der Waals surface area (Å²) in [7, 11) is 0. The Morgan fingerprint density at radius 2 is 2.12 bits per heavy atom. The molecule has 0 aliphatic heterocycles. The van der Waals surface area contributed by atoms with E-state index in [0.29, 0.717) is 33.7 Å². The van der Waals surface area contributed by atoms with E-state index in [4.69, 9.17) is 11.1 Å². The van der Waals surface area contributed by atoms with E-state index in [1.165, 1.54) is 6.33 Å². The highest BCUT2D eigenvalue weighted by atomic mass is 32.1. The number of hydrogen-bond donors (Lipinski definition) is 4. The van der Waals surface area contributed by atoms with Crippen molar-refractivity contribution in [3.05, 3.63) is 36.2 Å². The highest BCUT2D eigenvalue weighted by Crippen LogP contribution is 2.31. The first-order chi connectivity index (χ1) is 11.9. The van der Waals surface area contributed by atoms with E-state index in [1.54, 1.807) is 22.9 Å². The van der Waals surface area contributed by atoms with Crippen molar-refractivity contribution in [2.75, 3.05) is 5.73 Å². The fourth-order valence-electron chi connectivity index (χ4n) is 2.54. The van der Waals surface area contributed by atoms with Crippen LogP contribution in [0.4, 0.5) is 5.82 Å². The Hall–Kier alpha value is -2.94. The minimum atomic E-state index is -0.418. The van der Waals surface area contributed by atoms with Gasteiger partial charge in [-0.2, -0.15) is 5.10 Å². The van der Waals surface area contributed by atoms with Crippen LogP contribution in [-0.2, 0) is 0 Å². The maximum Gasteiger partial charge on any atom is 0.257 e. The summed E-state index contributed by atoms with van der Waals surface area (Å²) in [5, 5.41) is 14.7. The van der Waals surface area contributed by atoms with Gasteiger partial charge in [0.1, 0.15) is 17.8 Å². The maximum absolute atomic E-state index is 12.1. The molecule has 0 aliphatic carbocycles. The molecule has 0 spiro atoms. The normalized spacial score (nSPS) is 11.0. The molecule has 1 aromatic carbocycles. The Labute approximate surface area is 149 Å². The van der Waals surface area contributed by atoms with Crippen molar-refractivity contribution in [1.82, 2.24) is 25.1 Å². The number of amides is 1. The fourth-order valence-corrected chi connectivity index (χ4v) is 2.65. The van der Waals surface area contributed by atoms with Crippen LogP contribution in [0.15, 0.2) is 30.6 Å². The highest BCUT2D eigenvalue weighted by molar-refractivity contribution is 7.96. The van der Waals surface area contributed by atoms with Crippen LogP contribution < -0.4 is 11.1 Å². The molecule has 2 aromatic heterocycles. The average molecular weight is 355 g/mol. The zero-order valence-corrected chi connectivity index (χ0v) is 14.6. The molecule has 0 saturated carbocycles. The lowest BCUT2D eigenvalue weighted by Crippen LogP contribution is -2.26. The van der Waals surface area contributed by atoms with Gasteiger partial charge in [0.2, 0.25) is 0 Å². The van der Waals surface area contributed by atoms with Crippen LogP contribution in [0, 0.1) is 5.41 Å². The SMILES string of the molecule is CC(C)n1nc(-c2cccc(C(=O)NC(=N)S)c2)c2c(N)ncnc21. The van der Waals surface area contributed by atoms with Crippen LogP contribution in [0.3, 0.4) is 0 Å². The minimum absolute atomic E-state index is 0.0849. The Morgan fingerprint density at radius 1 is 1.36 bits per heavy atom. The summed E-state index contributed by atoms with van der Waals surface area (Å²) in [6.07, 6.45) is 1.41. The van der Waals surface area contributed by atoms with Gasteiger partial charge < -0.3 is 11.1 Å². The van der Waals surface area contributed by atoms with Gasteiger partial charge in [-0.15, -0.1) is 12.6 Å². The molecule has 25 heavy (non-hydrogen) atoms. The second-order valence-electron chi connectivity index (χ2n) is 5.73. The predicted octanol–water partition coefficient (Wildman–Crippen LogP) is 2.25. The topological polar surface area (TPSA) is 123 Å². The molecule has 0 radical (unpaired) electrons. The molecule has 0 aliphatic rings. The van der Waals surface area contributed by atoms with Crippen molar-refractivity contribution in [3.63, 3.8) is 0 Å². The molecule has 3 aromatic rings. The summed E-state index contributed by atoms with van der Waals surface area (Å²) in [4.78, 5) is 20.5. The number of nitrogens with zero attached hydrogens (tertiary/aromatic N) is 4. The minimum Gasteiger partial charge on any atom is -0.383 e. The summed E-state index contributed by atoms with van der Waals surface area (Å²) in [5.41, 5.74) is 8.40. The van der Waals surface area contributed by atoms with E-state index in [1.807, 2.05) is 19.9 Å².